The first-order valence-electron chi connectivity index (χ1n) is 10.4. The summed E-state index contributed by atoms with van der Waals surface area (Å²) in [5.74, 6) is 1.85. The van der Waals surface area contributed by atoms with Crippen molar-refractivity contribution in [1.82, 2.24) is 24.6 Å². The lowest BCUT2D eigenvalue weighted by molar-refractivity contribution is -0.117. The van der Waals surface area contributed by atoms with E-state index in [9.17, 15) is 9.18 Å². The molecule has 0 spiro atoms. The summed E-state index contributed by atoms with van der Waals surface area (Å²) < 4.78 is 20.8. The number of rotatable bonds is 7. The van der Waals surface area contributed by atoms with Crippen LogP contribution in [0.2, 0.25) is 0 Å². The van der Waals surface area contributed by atoms with Gasteiger partial charge in [-0.2, -0.15) is 4.98 Å². The maximum absolute atomic E-state index is 13.0. The van der Waals surface area contributed by atoms with Crippen LogP contribution < -0.4 is 5.32 Å². The molecule has 0 saturated carbocycles. The van der Waals surface area contributed by atoms with Crippen LogP contribution in [0, 0.1) is 17.5 Å². The highest BCUT2D eigenvalue weighted by Gasteiger charge is 2.19. The Morgan fingerprint density at radius 1 is 1.16 bits per heavy atom. The molecule has 2 N–H and O–H groups in total. The van der Waals surface area contributed by atoms with Crippen LogP contribution in [0.1, 0.15) is 17.3 Å². The number of carbonyl (C=O) groups excluding carboxylic acids is 1. The molecular formula is C22H25FN6O2S. The predicted octanol–water partition coefficient (Wildman–Crippen LogP) is 3.37. The van der Waals surface area contributed by atoms with Crippen LogP contribution in [0.4, 0.5) is 10.1 Å². The molecule has 1 aromatic carbocycles. The average Bonchev–Trinajstić information content (AvgIpc) is 3.34. The van der Waals surface area contributed by atoms with Gasteiger partial charge in [-0.25, -0.2) is 9.07 Å². The maximum atomic E-state index is 13.0. The SMILES string of the molecule is Cc1ccc(C=Cc2nc(=S)n(CN3CCN(CC(=O)Nc4ccc(F)cc4)CC3)[nH]2)o1. The summed E-state index contributed by atoms with van der Waals surface area (Å²) >= 11 is 5.38. The second-order valence-electron chi connectivity index (χ2n) is 7.69. The van der Waals surface area contributed by atoms with Gasteiger partial charge in [-0.1, -0.05) is 0 Å². The summed E-state index contributed by atoms with van der Waals surface area (Å²) in [6, 6.07) is 9.57. The third-order valence-electron chi connectivity index (χ3n) is 5.16. The van der Waals surface area contributed by atoms with Gasteiger partial charge in [-0.05, 0) is 67.7 Å². The van der Waals surface area contributed by atoms with Gasteiger partial charge in [0.05, 0.1) is 13.2 Å². The van der Waals surface area contributed by atoms with Gasteiger partial charge in [-0.3, -0.25) is 19.7 Å². The topological polar surface area (TPSA) is 82.3 Å². The Hall–Kier alpha value is -3.08. The molecule has 2 aromatic heterocycles. The fourth-order valence-corrected chi connectivity index (χ4v) is 3.68. The van der Waals surface area contributed by atoms with Crippen LogP contribution in [0.5, 0.6) is 0 Å². The Bertz CT molecular complexity index is 1140. The number of nitrogens with one attached hydrogen (secondary N) is 2. The van der Waals surface area contributed by atoms with E-state index in [1.165, 1.54) is 12.1 Å². The third kappa shape index (κ3) is 6.00. The number of nitrogens with zero attached hydrogens (tertiary/aromatic N) is 4. The van der Waals surface area contributed by atoms with E-state index in [1.807, 2.05) is 35.9 Å². The lowest BCUT2D eigenvalue weighted by Crippen LogP contribution is -2.48. The highest BCUT2D eigenvalue weighted by Crippen LogP contribution is 2.11. The van der Waals surface area contributed by atoms with Gasteiger partial charge in [0.25, 0.3) is 0 Å². The lowest BCUT2D eigenvalue weighted by Gasteiger charge is -2.34. The van der Waals surface area contributed by atoms with Crippen molar-refractivity contribution in [3.63, 3.8) is 0 Å². The molecule has 1 saturated heterocycles. The molecule has 10 heteroatoms. The Morgan fingerprint density at radius 2 is 1.88 bits per heavy atom. The minimum atomic E-state index is -0.327. The number of H-pyrrole nitrogens is 1. The highest BCUT2D eigenvalue weighted by molar-refractivity contribution is 7.71. The van der Waals surface area contributed by atoms with Gasteiger partial charge < -0.3 is 9.73 Å². The zero-order valence-corrected chi connectivity index (χ0v) is 18.6. The Morgan fingerprint density at radius 3 is 2.56 bits per heavy atom. The predicted molar refractivity (Wildman–Crippen MR) is 123 cm³/mol. The van der Waals surface area contributed by atoms with Crippen LogP contribution in [0.25, 0.3) is 12.2 Å². The second-order valence-corrected chi connectivity index (χ2v) is 8.06. The highest BCUT2D eigenvalue weighted by atomic mass is 32.1. The largest absolute Gasteiger partial charge is 0.462 e. The molecule has 8 nitrogen and oxygen atoms in total. The minimum absolute atomic E-state index is 0.107. The molecule has 32 heavy (non-hydrogen) atoms. The number of hydrogen-bond acceptors (Lipinski definition) is 6. The van der Waals surface area contributed by atoms with Crippen molar-refractivity contribution in [1.29, 1.82) is 0 Å². The quantitative estimate of drug-likeness (QED) is 0.531. The Balaban J connectivity index is 1.24. The number of benzene rings is 1. The fraction of sp³-hybridized carbons (Fsp3) is 0.318. The number of halogens is 1. The average molecular weight is 457 g/mol. The van der Waals surface area contributed by atoms with Crippen LogP contribution in [0.15, 0.2) is 40.8 Å². The monoisotopic (exact) mass is 456 g/mol. The fourth-order valence-electron chi connectivity index (χ4n) is 3.47. The van der Waals surface area contributed by atoms with E-state index in [-0.39, 0.29) is 11.7 Å². The van der Waals surface area contributed by atoms with Crippen molar-refractivity contribution >= 4 is 36.0 Å². The molecule has 0 atom stereocenters. The van der Waals surface area contributed by atoms with Crippen molar-refractivity contribution in [3.8, 4) is 0 Å². The smallest absolute Gasteiger partial charge is 0.238 e. The van der Waals surface area contributed by atoms with Crippen LogP contribution in [0.3, 0.4) is 0 Å². The maximum Gasteiger partial charge on any atom is 0.238 e. The molecule has 0 aliphatic carbocycles. The van der Waals surface area contributed by atoms with Gasteiger partial charge in [0.1, 0.15) is 23.2 Å². The van der Waals surface area contributed by atoms with Gasteiger partial charge in [0.2, 0.25) is 10.7 Å². The summed E-state index contributed by atoms with van der Waals surface area (Å²) in [7, 11) is 0. The van der Waals surface area contributed by atoms with Gasteiger partial charge in [0.15, 0.2) is 0 Å². The molecule has 3 aromatic rings. The minimum Gasteiger partial charge on any atom is -0.462 e. The van der Waals surface area contributed by atoms with Crippen LogP contribution in [-0.4, -0.2) is 63.2 Å². The normalized spacial score (nSPS) is 15.4. The molecule has 0 radical (unpaired) electrons. The first-order chi connectivity index (χ1) is 15.4. The number of furan rings is 1. The van der Waals surface area contributed by atoms with Gasteiger partial charge in [0, 0.05) is 31.9 Å². The van der Waals surface area contributed by atoms with Crippen molar-refractivity contribution in [3.05, 3.63) is 64.3 Å². The zero-order chi connectivity index (χ0) is 22.5. The third-order valence-corrected chi connectivity index (χ3v) is 5.48. The number of hydrogen-bond donors (Lipinski definition) is 2. The second kappa shape index (κ2) is 10.0. The van der Waals surface area contributed by atoms with Crippen molar-refractivity contribution in [2.75, 3.05) is 38.0 Å². The number of aryl methyl sites for hydroxylation is 1. The van der Waals surface area contributed by atoms with Crippen molar-refractivity contribution in [2.45, 2.75) is 13.6 Å². The van der Waals surface area contributed by atoms with Crippen LogP contribution in [-0.2, 0) is 11.5 Å². The Kier molecular flexibility index (Phi) is 6.93. The summed E-state index contributed by atoms with van der Waals surface area (Å²) in [6.07, 6.45) is 3.68. The summed E-state index contributed by atoms with van der Waals surface area (Å²) in [4.78, 5) is 21.0. The summed E-state index contributed by atoms with van der Waals surface area (Å²) in [5.41, 5.74) is 0.593. The number of aromatic amines is 1. The summed E-state index contributed by atoms with van der Waals surface area (Å²) in [6.45, 7) is 5.96. The lowest BCUT2D eigenvalue weighted by atomic mass is 10.3. The molecule has 0 unspecified atom stereocenters. The molecule has 4 rings (SSSR count). The van der Waals surface area contributed by atoms with Gasteiger partial charge >= 0.3 is 0 Å². The zero-order valence-electron chi connectivity index (χ0n) is 17.8. The van der Waals surface area contributed by atoms with E-state index in [4.69, 9.17) is 16.6 Å². The number of aromatic nitrogens is 3. The molecule has 1 aliphatic heterocycles. The standard InChI is InChI=1S/C22H25FN6O2S/c1-16-2-7-19(31-16)8-9-20-25-22(32)29(26-20)15-28-12-10-27(11-13-28)14-21(30)24-18-5-3-17(23)4-6-18/h2-9H,10-15H2,1H3,(H,24,30)(H,25,26,32). The van der Waals surface area contributed by atoms with Crippen molar-refractivity contribution in [2.24, 2.45) is 0 Å². The van der Waals surface area contributed by atoms with E-state index in [2.05, 4.69) is 25.2 Å². The van der Waals surface area contributed by atoms with Crippen LogP contribution >= 0.6 is 12.2 Å². The molecule has 0 bridgehead atoms. The van der Waals surface area contributed by atoms with Crippen molar-refractivity contribution < 1.29 is 13.6 Å². The van der Waals surface area contributed by atoms with E-state index >= 15 is 0 Å². The molecule has 1 fully saturated rings. The number of carbonyl (C=O) groups is 1. The molecule has 168 valence electrons. The molecule has 1 amide bonds. The molecular weight excluding hydrogens is 431 g/mol. The number of piperazine rings is 1. The van der Waals surface area contributed by atoms with E-state index in [1.54, 1.807) is 12.1 Å². The molecule has 3 heterocycles. The van der Waals surface area contributed by atoms with E-state index < -0.39 is 0 Å². The summed E-state index contributed by atoms with van der Waals surface area (Å²) in [5, 5.41) is 6.00. The first-order valence-corrected chi connectivity index (χ1v) is 10.8. The first kappa shape index (κ1) is 22.1. The van der Waals surface area contributed by atoms with Gasteiger partial charge in [-0.15, -0.1) is 0 Å². The van der Waals surface area contributed by atoms with E-state index in [0.717, 1.165) is 37.7 Å². The number of amides is 1. The van der Waals surface area contributed by atoms with E-state index in [0.29, 0.717) is 29.5 Å². The number of anilines is 1. The molecule has 1 aliphatic rings. The Labute approximate surface area is 190 Å².